The molecule has 0 aromatic rings. The molecule has 1 unspecified atom stereocenters. The van der Waals surface area contributed by atoms with Gasteiger partial charge in [0.05, 0.1) is 0 Å². The normalized spacial score (nSPS) is 22.1. The first-order chi connectivity index (χ1) is 7.59. The van der Waals surface area contributed by atoms with E-state index in [4.69, 9.17) is 0 Å². The van der Waals surface area contributed by atoms with E-state index in [2.05, 4.69) is 17.5 Å². The molecule has 0 radical (unpaired) electrons. The van der Waals surface area contributed by atoms with Gasteiger partial charge < -0.3 is 4.90 Å². The smallest absolute Gasteiger partial charge is 0.270 e. The van der Waals surface area contributed by atoms with Crippen LogP contribution in [0.2, 0.25) is 0 Å². The summed E-state index contributed by atoms with van der Waals surface area (Å²) in [7, 11) is 1.81. The van der Waals surface area contributed by atoms with Gasteiger partial charge in [0.25, 0.3) is 5.91 Å². The summed E-state index contributed by atoms with van der Waals surface area (Å²) >= 11 is 0. The fraction of sp³-hybridized carbons (Fsp3) is 0.727. The molecule has 5 heteroatoms. The molecule has 1 N–H and O–H groups in total. The maximum atomic E-state index is 12.0. The molecule has 1 aliphatic heterocycles. The number of hydrogen-bond donors (Lipinski definition) is 1. The van der Waals surface area contributed by atoms with Crippen LogP contribution >= 0.6 is 0 Å². The fourth-order valence-corrected chi connectivity index (χ4v) is 1.91. The minimum atomic E-state index is -0.116. The molecule has 1 heterocycles. The average Bonchev–Trinajstić information content (AvgIpc) is 3.11. The lowest BCUT2D eigenvalue weighted by atomic mass is 10.1. The van der Waals surface area contributed by atoms with Gasteiger partial charge in [-0.3, -0.25) is 9.59 Å². The third kappa shape index (κ3) is 2.23. The summed E-state index contributed by atoms with van der Waals surface area (Å²) in [5, 5.41) is 3.82. The van der Waals surface area contributed by atoms with Crippen LogP contribution in [0.3, 0.4) is 0 Å². The Balaban J connectivity index is 1.98. The van der Waals surface area contributed by atoms with Gasteiger partial charge in [0.2, 0.25) is 5.91 Å². The van der Waals surface area contributed by atoms with E-state index in [1.54, 1.807) is 4.90 Å². The lowest BCUT2D eigenvalue weighted by Crippen LogP contribution is -2.43. The fourth-order valence-electron chi connectivity index (χ4n) is 1.91. The minimum absolute atomic E-state index is 0.0561. The second-order valence-electron chi connectivity index (χ2n) is 4.59. The van der Waals surface area contributed by atoms with Gasteiger partial charge in [-0.15, -0.1) is 0 Å². The Morgan fingerprint density at radius 1 is 1.50 bits per heavy atom. The van der Waals surface area contributed by atoms with Crippen molar-refractivity contribution in [3.63, 3.8) is 0 Å². The third-order valence-electron chi connectivity index (χ3n) is 3.39. The summed E-state index contributed by atoms with van der Waals surface area (Å²) in [4.78, 5) is 24.7. The van der Waals surface area contributed by atoms with E-state index in [1.165, 1.54) is 12.8 Å². The van der Waals surface area contributed by atoms with Crippen LogP contribution in [-0.4, -0.2) is 35.5 Å². The number of nitrogens with one attached hydrogen (secondary N) is 1. The summed E-state index contributed by atoms with van der Waals surface area (Å²) in [6.45, 7) is 2.07. The standard InChI is InChI=1S/C11H17N3O2/c1-7(8-3-4-8)14(2)11(16)9-5-6-10(15)13-12-9/h7-8H,3-6H2,1-2H3,(H,13,15). The lowest BCUT2D eigenvalue weighted by Gasteiger charge is -2.26. The van der Waals surface area contributed by atoms with Crippen molar-refractivity contribution in [2.24, 2.45) is 11.0 Å². The average molecular weight is 223 g/mol. The first kappa shape index (κ1) is 11.1. The van der Waals surface area contributed by atoms with E-state index in [9.17, 15) is 9.59 Å². The number of amides is 2. The third-order valence-corrected chi connectivity index (χ3v) is 3.39. The molecule has 0 aromatic carbocycles. The van der Waals surface area contributed by atoms with Crippen molar-refractivity contribution in [3.8, 4) is 0 Å². The van der Waals surface area contributed by atoms with Crippen molar-refractivity contribution in [2.45, 2.75) is 38.6 Å². The maximum Gasteiger partial charge on any atom is 0.270 e. The van der Waals surface area contributed by atoms with Crippen molar-refractivity contribution in [3.05, 3.63) is 0 Å². The summed E-state index contributed by atoms with van der Waals surface area (Å²) < 4.78 is 0. The Labute approximate surface area is 94.9 Å². The van der Waals surface area contributed by atoms with Crippen molar-refractivity contribution in [1.82, 2.24) is 10.3 Å². The zero-order chi connectivity index (χ0) is 11.7. The van der Waals surface area contributed by atoms with Gasteiger partial charge in [-0.25, -0.2) is 5.43 Å². The Morgan fingerprint density at radius 2 is 2.19 bits per heavy atom. The number of rotatable bonds is 3. The highest BCUT2D eigenvalue weighted by molar-refractivity contribution is 6.39. The quantitative estimate of drug-likeness (QED) is 0.757. The summed E-state index contributed by atoms with van der Waals surface area (Å²) in [5.74, 6) is 0.474. The van der Waals surface area contributed by atoms with Gasteiger partial charge in [-0.1, -0.05) is 0 Å². The molecule has 5 nitrogen and oxygen atoms in total. The van der Waals surface area contributed by atoms with Crippen LogP contribution in [0.1, 0.15) is 32.6 Å². The molecule has 16 heavy (non-hydrogen) atoms. The largest absolute Gasteiger partial charge is 0.338 e. The molecule has 0 aromatic heterocycles. The van der Waals surface area contributed by atoms with Crippen LogP contribution in [0.4, 0.5) is 0 Å². The Hall–Kier alpha value is -1.39. The second-order valence-corrected chi connectivity index (χ2v) is 4.59. The van der Waals surface area contributed by atoms with Crippen LogP contribution in [0.15, 0.2) is 5.10 Å². The molecular weight excluding hydrogens is 206 g/mol. The van der Waals surface area contributed by atoms with Gasteiger partial charge >= 0.3 is 0 Å². The first-order valence-corrected chi connectivity index (χ1v) is 5.72. The van der Waals surface area contributed by atoms with E-state index >= 15 is 0 Å². The molecule has 0 spiro atoms. The zero-order valence-electron chi connectivity index (χ0n) is 9.69. The predicted octanol–water partition coefficient (Wildman–Crippen LogP) is 0.509. The molecule has 0 bridgehead atoms. The Bertz CT molecular complexity index is 347. The number of carbonyl (C=O) groups is 2. The van der Waals surface area contributed by atoms with Crippen molar-refractivity contribution in [2.75, 3.05) is 7.05 Å². The molecule has 2 aliphatic rings. The van der Waals surface area contributed by atoms with Gasteiger partial charge in [0.1, 0.15) is 5.71 Å². The second kappa shape index (κ2) is 4.23. The highest BCUT2D eigenvalue weighted by Gasteiger charge is 2.34. The molecule has 1 atom stereocenters. The van der Waals surface area contributed by atoms with Crippen LogP contribution < -0.4 is 5.43 Å². The molecule has 2 rings (SSSR count). The van der Waals surface area contributed by atoms with Crippen molar-refractivity contribution in [1.29, 1.82) is 0 Å². The number of hydrazone groups is 1. The monoisotopic (exact) mass is 223 g/mol. The van der Waals surface area contributed by atoms with E-state index in [1.807, 2.05) is 7.05 Å². The summed E-state index contributed by atoms with van der Waals surface area (Å²) in [6.07, 6.45) is 3.23. The summed E-state index contributed by atoms with van der Waals surface area (Å²) in [6, 6.07) is 0.271. The van der Waals surface area contributed by atoms with E-state index in [-0.39, 0.29) is 17.9 Å². The Morgan fingerprint density at radius 3 is 2.69 bits per heavy atom. The zero-order valence-corrected chi connectivity index (χ0v) is 9.69. The number of nitrogens with zero attached hydrogens (tertiary/aromatic N) is 2. The molecule has 1 saturated carbocycles. The van der Waals surface area contributed by atoms with Crippen molar-refractivity contribution < 1.29 is 9.59 Å². The van der Waals surface area contributed by atoms with Gasteiger partial charge in [-0.2, -0.15) is 5.10 Å². The molecule has 1 aliphatic carbocycles. The van der Waals surface area contributed by atoms with Gasteiger partial charge in [0.15, 0.2) is 0 Å². The molecule has 1 fully saturated rings. The SMILES string of the molecule is CC(C1CC1)N(C)C(=O)C1=NNC(=O)CC1. The molecule has 88 valence electrons. The van der Waals surface area contributed by atoms with Gasteiger partial charge in [0, 0.05) is 25.9 Å². The lowest BCUT2D eigenvalue weighted by molar-refractivity contribution is -0.125. The van der Waals surface area contributed by atoms with Crippen LogP contribution in [0.5, 0.6) is 0 Å². The maximum absolute atomic E-state index is 12.0. The summed E-state index contributed by atoms with van der Waals surface area (Å²) in [5.41, 5.74) is 2.82. The van der Waals surface area contributed by atoms with Crippen LogP contribution in [-0.2, 0) is 9.59 Å². The van der Waals surface area contributed by atoms with Crippen LogP contribution in [0.25, 0.3) is 0 Å². The first-order valence-electron chi connectivity index (χ1n) is 5.72. The van der Waals surface area contributed by atoms with E-state index < -0.39 is 0 Å². The number of carbonyl (C=O) groups excluding carboxylic acids is 2. The highest BCUT2D eigenvalue weighted by Crippen LogP contribution is 2.34. The number of hydrogen-bond acceptors (Lipinski definition) is 3. The molecular formula is C11H17N3O2. The molecule has 2 amide bonds. The minimum Gasteiger partial charge on any atom is -0.338 e. The van der Waals surface area contributed by atoms with E-state index in [0.29, 0.717) is 24.5 Å². The van der Waals surface area contributed by atoms with Gasteiger partial charge in [-0.05, 0) is 25.7 Å². The predicted molar refractivity (Wildman–Crippen MR) is 59.8 cm³/mol. The highest BCUT2D eigenvalue weighted by atomic mass is 16.2. The van der Waals surface area contributed by atoms with E-state index in [0.717, 1.165) is 0 Å². The Kier molecular flexibility index (Phi) is 2.94. The molecule has 0 saturated heterocycles. The topological polar surface area (TPSA) is 61.8 Å². The van der Waals surface area contributed by atoms with Crippen molar-refractivity contribution >= 4 is 17.5 Å². The van der Waals surface area contributed by atoms with Crippen LogP contribution in [0, 0.1) is 5.92 Å².